The fraction of sp³-hybridized carbons (Fsp3) is 0.875. The molecule has 2 saturated carbocycles. The number of carboxylic acids is 1. The van der Waals surface area contributed by atoms with E-state index in [1.54, 1.807) is 0 Å². The van der Waals surface area contributed by atoms with Crippen molar-refractivity contribution in [3.63, 3.8) is 0 Å². The van der Waals surface area contributed by atoms with Crippen molar-refractivity contribution in [2.45, 2.75) is 45.4 Å². The molecule has 0 saturated heterocycles. The first-order valence-electron chi connectivity index (χ1n) is 8.06. The molecule has 0 amide bonds. The van der Waals surface area contributed by atoms with Crippen LogP contribution in [0.5, 0.6) is 0 Å². The Balaban J connectivity index is 1.72. The molecule has 0 aromatic rings. The van der Waals surface area contributed by atoms with Gasteiger partial charge in [-0.15, -0.1) is 0 Å². The van der Waals surface area contributed by atoms with Crippen LogP contribution in [0.2, 0.25) is 0 Å². The number of carbonyl (C=O) groups is 2. The highest BCUT2D eigenvalue weighted by atomic mass is 16.7. The summed E-state index contributed by atoms with van der Waals surface area (Å²) in [6, 6.07) is 0. The van der Waals surface area contributed by atoms with Crippen LogP contribution in [0, 0.1) is 23.2 Å². The predicted octanol–water partition coefficient (Wildman–Crippen LogP) is 1.80. The minimum absolute atomic E-state index is 0.0713. The molecule has 0 aromatic heterocycles. The van der Waals surface area contributed by atoms with E-state index < -0.39 is 23.8 Å². The summed E-state index contributed by atoms with van der Waals surface area (Å²) < 4.78 is 10.6. The molecular formula is C16H26O6. The Bertz CT molecular complexity index is 409. The third-order valence-corrected chi connectivity index (χ3v) is 5.36. The van der Waals surface area contributed by atoms with Crippen molar-refractivity contribution in [1.82, 2.24) is 0 Å². The molecule has 0 spiro atoms. The number of hydrogen-bond donors (Lipinski definition) is 2. The van der Waals surface area contributed by atoms with Crippen LogP contribution in [0.15, 0.2) is 0 Å². The number of ether oxygens (including phenoxy) is 2. The van der Waals surface area contributed by atoms with Gasteiger partial charge in [0.1, 0.15) is 0 Å². The summed E-state index contributed by atoms with van der Waals surface area (Å²) in [5.41, 5.74) is -0.0713. The quantitative estimate of drug-likeness (QED) is 0.423. The van der Waals surface area contributed by atoms with Crippen LogP contribution in [0.3, 0.4) is 0 Å². The predicted molar refractivity (Wildman–Crippen MR) is 77.9 cm³/mol. The van der Waals surface area contributed by atoms with Gasteiger partial charge in [0.2, 0.25) is 0 Å². The van der Waals surface area contributed by atoms with Crippen LogP contribution < -0.4 is 0 Å². The highest BCUT2D eigenvalue weighted by Gasteiger charge is 2.40. The van der Waals surface area contributed by atoms with Gasteiger partial charge >= 0.3 is 11.9 Å². The van der Waals surface area contributed by atoms with E-state index in [9.17, 15) is 14.7 Å². The lowest BCUT2D eigenvalue weighted by molar-refractivity contribution is -0.169. The zero-order chi connectivity index (χ0) is 16.2. The van der Waals surface area contributed by atoms with Gasteiger partial charge in [0.25, 0.3) is 0 Å². The van der Waals surface area contributed by atoms with Gasteiger partial charge in [-0.3, -0.25) is 9.59 Å². The summed E-state index contributed by atoms with van der Waals surface area (Å²) >= 11 is 0. The summed E-state index contributed by atoms with van der Waals surface area (Å²) in [4.78, 5) is 23.0. The second kappa shape index (κ2) is 7.42. The first-order chi connectivity index (χ1) is 10.5. The highest BCUT2D eigenvalue weighted by Crippen LogP contribution is 2.43. The fourth-order valence-electron chi connectivity index (χ4n) is 3.83. The largest absolute Gasteiger partial charge is 0.481 e. The monoisotopic (exact) mass is 314 g/mol. The molecule has 2 fully saturated rings. The Labute approximate surface area is 130 Å². The Morgan fingerprint density at radius 3 is 2.59 bits per heavy atom. The normalized spacial score (nSPS) is 34.7. The van der Waals surface area contributed by atoms with Gasteiger partial charge in [-0.2, -0.15) is 0 Å². The first-order valence-corrected chi connectivity index (χ1v) is 8.06. The second-order valence-electron chi connectivity index (χ2n) is 6.84. The number of rotatable bonds is 7. The number of hydrogen-bond acceptors (Lipinski definition) is 5. The van der Waals surface area contributed by atoms with Crippen molar-refractivity contribution in [2.75, 3.05) is 20.0 Å². The lowest BCUT2D eigenvalue weighted by Crippen LogP contribution is -2.31. The van der Waals surface area contributed by atoms with E-state index >= 15 is 0 Å². The van der Waals surface area contributed by atoms with Gasteiger partial charge in [-0.1, -0.05) is 19.8 Å². The Morgan fingerprint density at radius 1 is 1.18 bits per heavy atom. The minimum Gasteiger partial charge on any atom is -0.481 e. The maximum atomic E-state index is 12.0. The molecule has 2 rings (SSSR count). The molecule has 2 N–H and O–H groups in total. The van der Waals surface area contributed by atoms with Gasteiger partial charge in [-0.05, 0) is 37.0 Å². The van der Waals surface area contributed by atoms with Gasteiger partial charge in [0.15, 0.2) is 6.79 Å². The third kappa shape index (κ3) is 3.79. The number of aliphatic carboxylic acids is 1. The van der Waals surface area contributed by atoms with Crippen LogP contribution in [0.25, 0.3) is 0 Å². The van der Waals surface area contributed by atoms with Crippen molar-refractivity contribution in [1.29, 1.82) is 0 Å². The van der Waals surface area contributed by atoms with Gasteiger partial charge in [0.05, 0.1) is 18.4 Å². The lowest BCUT2D eigenvalue weighted by Gasteiger charge is -2.30. The van der Waals surface area contributed by atoms with Crippen molar-refractivity contribution >= 4 is 11.9 Å². The molecule has 0 aliphatic heterocycles. The molecular weight excluding hydrogens is 288 g/mol. The molecule has 6 heteroatoms. The molecule has 6 nitrogen and oxygen atoms in total. The minimum atomic E-state index is -0.926. The van der Waals surface area contributed by atoms with E-state index in [1.807, 2.05) is 0 Å². The van der Waals surface area contributed by atoms with Crippen LogP contribution >= 0.6 is 0 Å². The zero-order valence-corrected chi connectivity index (χ0v) is 13.1. The maximum Gasteiger partial charge on any atom is 0.311 e. The summed E-state index contributed by atoms with van der Waals surface area (Å²) in [5.74, 6) is -2.34. The molecule has 2 aliphatic rings. The van der Waals surface area contributed by atoms with Crippen molar-refractivity contribution in [3.05, 3.63) is 0 Å². The van der Waals surface area contributed by atoms with Crippen LogP contribution in [-0.2, 0) is 19.1 Å². The number of esters is 1. The van der Waals surface area contributed by atoms with E-state index in [0.29, 0.717) is 19.4 Å². The van der Waals surface area contributed by atoms with Gasteiger partial charge < -0.3 is 19.7 Å². The zero-order valence-electron chi connectivity index (χ0n) is 13.1. The Morgan fingerprint density at radius 2 is 1.91 bits per heavy atom. The molecule has 22 heavy (non-hydrogen) atoms. The SMILES string of the molecule is C[C@]1(COCOC(=O)[C@H]2CCC[C@@H]2C(=O)O)CCC[C@@H]1CO. The van der Waals surface area contributed by atoms with Crippen LogP contribution in [0.4, 0.5) is 0 Å². The van der Waals surface area contributed by atoms with E-state index in [-0.39, 0.29) is 24.7 Å². The topological polar surface area (TPSA) is 93.1 Å². The Hall–Kier alpha value is -1.14. The number of aliphatic hydroxyl groups is 1. The lowest BCUT2D eigenvalue weighted by atomic mass is 9.81. The third-order valence-electron chi connectivity index (χ3n) is 5.36. The molecule has 0 aromatic carbocycles. The van der Waals surface area contributed by atoms with Crippen molar-refractivity contribution in [2.24, 2.45) is 23.2 Å². The van der Waals surface area contributed by atoms with Crippen LogP contribution in [0.1, 0.15) is 45.4 Å². The summed E-state index contributed by atoms with van der Waals surface area (Å²) in [6.07, 6.45) is 4.92. The van der Waals surface area contributed by atoms with Crippen molar-refractivity contribution in [3.8, 4) is 0 Å². The first kappa shape index (κ1) is 17.2. The smallest absolute Gasteiger partial charge is 0.311 e. The number of carboxylic acid groups (broad SMARTS) is 1. The molecule has 0 unspecified atom stereocenters. The summed E-state index contributed by atoms with van der Waals surface area (Å²) in [6.45, 7) is 2.54. The van der Waals surface area contributed by atoms with Crippen molar-refractivity contribution < 1.29 is 29.3 Å². The molecule has 126 valence electrons. The summed E-state index contributed by atoms with van der Waals surface area (Å²) in [5, 5.41) is 18.4. The second-order valence-corrected chi connectivity index (χ2v) is 6.84. The standard InChI is InChI=1S/C16H26O6/c1-16(7-3-4-11(16)8-17)9-21-10-22-15(20)13-6-2-5-12(13)14(18)19/h11-13,17H,2-10H2,1H3,(H,18,19)/t11-,12+,13+,16-/m1/s1. The summed E-state index contributed by atoms with van der Waals surface area (Å²) in [7, 11) is 0. The van der Waals surface area contributed by atoms with Crippen LogP contribution in [-0.4, -0.2) is 42.2 Å². The van der Waals surface area contributed by atoms with E-state index in [0.717, 1.165) is 25.7 Å². The average Bonchev–Trinajstić information content (AvgIpc) is 3.10. The highest BCUT2D eigenvalue weighted by molar-refractivity contribution is 5.81. The fourth-order valence-corrected chi connectivity index (χ4v) is 3.83. The molecule has 4 atom stereocenters. The number of carbonyl (C=O) groups excluding carboxylic acids is 1. The van der Waals surface area contributed by atoms with E-state index in [1.165, 1.54) is 0 Å². The van der Waals surface area contributed by atoms with Gasteiger partial charge in [0, 0.05) is 6.61 Å². The Kier molecular flexibility index (Phi) is 5.81. The number of aliphatic hydroxyl groups excluding tert-OH is 1. The molecule has 0 bridgehead atoms. The average molecular weight is 314 g/mol. The van der Waals surface area contributed by atoms with Gasteiger partial charge in [-0.25, -0.2) is 0 Å². The molecule has 0 radical (unpaired) electrons. The molecule has 0 heterocycles. The molecule has 2 aliphatic carbocycles. The van der Waals surface area contributed by atoms with E-state index in [4.69, 9.17) is 14.6 Å². The van der Waals surface area contributed by atoms with E-state index in [2.05, 4.69) is 6.92 Å². The maximum absolute atomic E-state index is 12.0.